The SMILES string of the molecule is CC(=O)CS(=O)(=O)c1nc(-c2ccccc2)n[nH]1. The Morgan fingerprint density at radius 3 is 2.56 bits per heavy atom. The Hall–Kier alpha value is -2.02. The van der Waals surface area contributed by atoms with E-state index in [1.165, 1.54) is 6.92 Å². The van der Waals surface area contributed by atoms with Crippen LogP contribution in [0.15, 0.2) is 35.5 Å². The Morgan fingerprint density at radius 2 is 1.94 bits per heavy atom. The minimum absolute atomic E-state index is 0.281. The van der Waals surface area contributed by atoms with E-state index in [1.54, 1.807) is 24.3 Å². The summed E-state index contributed by atoms with van der Waals surface area (Å²) in [5, 5.41) is 5.90. The minimum Gasteiger partial charge on any atom is -0.299 e. The number of hydrogen-bond acceptors (Lipinski definition) is 5. The van der Waals surface area contributed by atoms with Crippen LogP contribution in [0.4, 0.5) is 0 Å². The molecule has 0 saturated heterocycles. The predicted molar refractivity (Wildman–Crippen MR) is 64.6 cm³/mol. The first-order chi connectivity index (χ1) is 8.49. The number of benzene rings is 1. The van der Waals surface area contributed by atoms with E-state index >= 15 is 0 Å². The zero-order valence-corrected chi connectivity index (χ0v) is 10.4. The maximum absolute atomic E-state index is 11.7. The lowest BCUT2D eigenvalue weighted by Crippen LogP contribution is -2.14. The van der Waals surface area contributed by atoms with E-state index in [2.05, 4.69) is 15.2 Å². The van der Waals surface area contributed by atoms with Crippen molar-refractivity contribution in [1.29, 1.82) is 0 Å². The number of carbonyl (C=O) groups is 1. The van der Waals surface area contributed by atoms with E-state index in [0.717, 1.165) is 0 Å². The summed E-state index contributed by atoms with van der Waals surface area (Å²) in [6, 6.07) is 8.98. The summed E-state index contributed by atoms with van der Waals surface area (Å²) in [6.45, 7) is 1.21. The third-order valence-corrected chi connectivity index (χ3v) is 3.74. The zero-order valence-electron chi connectivity index (χ0n) is 9.62. The molecule has 1 heterocycles. The molecule has 2 aromatic rings. The van der Waals surface area contributed by atoms with E-state index in [9.17, 15) is 13.2 Å². The lowest BCUT2D eigenvalue weighted by molar-refractivity contribution is -0.114. The van der Waals surface area contributed by atoms with Crippen LogP contribution in [-0.4, -0.2) is 35.1 Å². The summed E-state index contributed by atoms with van der Waals surface area (Å²) < 4.78 is 23.5. The molecule has 2 rings (SSSR count). The summed E-state index contributed by atoms with van der Waals surface area (Å²) >= 11 is 0. The quantitative estimate of drug-likeness (QED) is 0.884. The van der Waals surface area contributed by atoms with Crippen LogP contribution in [0.25, 0.3) is 11.4 Å². The molecule has 0 fully saturated rings. The highest BCUT2D eigenvalue weighted by atomic mass is 32.2. The lowest BCUT2D eigenvalue weighted by Gasteiger charge is -1.95. The van der Waals surface area contributed by atoms with Crippen molar-refractivity contribution in [2.24, 2.45) is 0 Å². The van der Waals surface area contributed by atoms with E-state index < -0.39 is 21.4 Å². The van der Waals surface area contributed by atoms with Crippen molar-refractivity contribution < 1.29 is 13.2 Å². The zero-order chi connectivity index (χ0) is 13.2. The molecule has 0 bridgehead atoms. The van der Waals surface area contributed by atoms with Crippen molar-refractivity contribution in [2.75, 3.05) is 5.75 Å². The van der Waals surface area contributed by atoms with Crippen molar-refractivity contribution in [2.45, 2.75) is 12.1 Å². The predicted octanol–water partition coefficient (Wildman–Crippen LogP) is 0.834. The molecule has 7 heteroatoms. The molecule has 0 amide bonds. The van der Waals surface area contributed by atoms with E-state index in [4.69, 9.17) is 0 Å². The Kier molecular flexibility index (Phi) is 3.24. The third kappa shape index (κ3) is 2.62. The van der Waals surface area contributed by atoms with Crippen LogP contribution in [0.5, 0.6) is 0 Å². The van der Waals surface area contributed by atoms with E-state index in [-0.39, 0.29) is 11.0 Å². The van der Waals surface area contributed by atoms with Crippen LogP contribution in [0.1, 0.15) is 6.92 Å². The highest BCUT2D eigenvalue weighted by Crippen LogP contribution is 2.15. The first kappa shape index (κ1) is 12.4. The number of nitrogens with zero attached hydrogens (tertiary/aromatic N) is 2. The Labute approximate surface area is 104 Å². The van der Waals surface area contributed by atoms with Crippen LogP contribution in [0.2, 0.25) is 0 Å². The molecule has 0 atom stereocenters. The summed E-state index contributed by atoms with van der Waals surface area (Å²) in [7, 11) is -3.73. The average molecular weight is 265 g/mol. The van der Waals surface area contributed by atoms with Gasteiger partial charge in [-0.15, -0.1) is 0 Å². The molecular weight excluding hydrogens is 254 g/mol. The van der Waals surface area contributed by atoms with Gasteiger partial charge in [-0.1, -0.05) is 30.3 Å². The van der Waals surface area contributed by atoms with Crippen LogP contribution in [0, 0.1) is 0 Å². The highest BCUT2D eigenvalue weighted by molar-refractivity contribution is 7.91. The maximum atomic E-state index is 11.7. The number of aromatic nitrogens is 3. The Bertz CT molecular complexity index is 662. The van der Waals surface area contributed by atoms with E-state index in [1.807, 2.05) is 6.07 Å². The van der Waals surface area contributed by atoms with Crippen LogP contribution >= 0.6 is 0 Å². The molecule has 0 spiro atoms. The van der Waals surface area contributed by atoms with Gasteiger partial charge in [0.1, 0.15) is 11.5 Å². The molecule has 0 aliphatic carbocycles. The molecule has 6 nitrogen and oxygen atoms in total. The molecule has 0 unspecified atom stereocenters. The molecule has 0 aliphatic heterocycles. The molecule has 18 heavy (non-hydrogen) atoms. The fourth-order valence-electron chi connectivity index (χ4n) is 1.44. The maximum Gasteiger partial charge on any atom is 0.244 e. The number of sulfone groups is 1. The van der Waals surface area contributed by atoms with Gasteiger partial charge in [-0.3, -0.25) is 4.79 Å². The Balaban J connectivity index is 2.35. The summed E-state index contributed by atoms with van der Waals surface area (Å²) in [5.41, 5.74) is 0.707. The smallest absolute Gasteiger partial charge is 0.244 e. The second-order valence-electron chi connectivity index (χ2n) is 3.79. The number of nitrogens with one attached hydrogen (secondary N) is 1. The standard InChI is InChI=1S/C11H11N3O3S/c1-8(15)7-18(16,17)11-12-10(13-14-11)9-5-3-2-4-6-9/h2-6H,7H2,1H3,(H,12,13,14). The topological polar surface area (TPSA) is 92.8 Å². The molecule has 1 N–H and O–H groups in total. The van der Waals surface area contributed by atoms with Crippen molar-refractivity contribution in [3.05, 3.63) is 30.3 Å². The lowest BCUT2D eigenvalue weighted by atomic mass is 10.2. The van der Waals surface area contributed by atoms with Gasteiger partial charge in [0.2, 0.25) is 15.0 Å². The molecule has 1 aromatic heterocycles. The van der Waals surface area contributed by atoms with Gasteiger partial charge in [0.15, 0.2) is 5.82 Å². The van der Waals surface area contributed by atoms with Gasteiger partial charge in [0.05, 0.1) is 0 Å². The largest absolute Gasteiger partial charge is 0.299 e. The Morgan fingerprint density at radius 1 is 1.28 bits per heavy atom. The number of hydrogen-bond donors (Lipinski definition) is 1. The molecule has 1 aromatic carbocycles. The monoisotopic (exact) mass is 265 g/mol. The van der Waals surface area contributed by atoms with Crippen LogP contribution in [-0.2, 0) is 14.6 Å². The second kappa shape index (κ2) is 4.69. The highest BCUT2D eigenvalue weighted by Gasteiger charge is 2.21. The molecule has 0 saturated carbocycles. The van der Waals surface area contributed by atoms with Crippen LogP contribution < -0.4 is 0 Å². The van der Waals surface area contributed by atoms with Gasteiger partial charge < -0.3 is 0 Å². The molecule has 94 valence electrons. The summed E-state index contributed by atoms with van der Waals surface area (Å²) in [4.78, 5) is 14.8. The van der Waals surface area contributed by atoms with Crippen LogP contribution in [0.3, 0.4) is 0 Å². The van der Waals surface area contributed by atoms with Crippen molar-refractivity contribution >= 4 is 15.6 Å². The first-order valence-corrected chi connectivity index (χ1v) is 6.84. The van der Waals surface area contributed by atoms with Gasteiger partial charge in [-0.2, -0.15) is 10.1 Å². The van der Waals surface area contributed by atoms with Crippen molar-refractivity contribution in [3.8, 4) is 11.4 Å². The minimum atomic E-state index is -3.73. The van der Waals surface area contributed by atoms with Gasteiger partial charge in [-0.05, 0) is 6.92 Å². The molecular formula is C11H11N3O3S. The molecule has 0 radical (unpaired) electrons. The number of ketones is 1. The number of carbonyl (C=O) groups excluding carboxylic acids is 1. The van der Waals surface area contributed by atoms with Crippen molar-refractivity contribution in [3.63, 3.8) is 0 Å². The summed E-state index contributed by atoms with van der Waals surface area (Å²) in [5.74, 6) is -0.721. The number of Topliss-reactive ketones (excluding diaryl/α,β-unsaturated/α-hetero) is 1. The van der Waals surface area contributed by atoms with Gasteiger partial charge in [0, 0.05) is 5.56 Å². The normalized spacial score (nSPS) is 11.4. The third-order valence-electron chi connectivity index (χ3n) is 2.18. The number of aromatic amines is 1. The number of H-pyrrole nitrogens is 1. The van der Waals surface area contributed by atoms with Gasteiger partial charge in [-0.25, -0.2) is 13.5 Å². The summed E-state index contributed by atoms with van der Waals surface area (Å²) in [6.07, 6.45) is 0. The first-order valence-electron chi connectivity index (χ1n) is 5.19. The van der Waals surface area contributed by atoms with Crippen molar-refractivity contribution in [1.82, 2.24) is 15.2 Å². The fraction of sp³-hybridized carbons (Fsp3) is 0.182. The number of rotatable bonds is 4. The second-order valence-corrected chi connectivity index (χ2v) is 5.70. The fourth-order valence-corrected chi connectivity index (χ4v) is 2.52. The molecule has 0 aliphatic rings. The average Bonchev–Trinajstić information content (AvgIpc) is 2.78. The van der Waals surface area contributed by atoms with Gasteiger partial charge >= 0.3 is 0 Å². The van der Waals surface area contributed by atoms with E-state index in [0.29, 0.717) is 5.56 Å². The van der Waals surface area contributed by atoms with Gasteiger partial charge in [0.25, 0.3) is 0 Å².